The van der Waals surface area contributed by atoms with Gasteiger partial charge in [0.25, 0.3) is 5.91 Å². The zero-order valence-electron chi connectivity index (χ0n) is 17.8. The molecule has 2 aromatic carbocycles. The molecule has 0 aliphatic heterocycles. The number of hydrogen-bond donors (Lipinski definition) is 1. The summed E-state index contributed by atoms with van der Waals surface area (Å²) in [4.78, 5) is 12.7. The molecule has 8 nitrogen and oxygen atoms in total. The summed E-state index contributed by atoms with van der Waals surface area (Å²) in [5, 5.41) is 13.5. The molecule has 0 radical (unpaired) electrons. The largest absolute Gasteiger partial charge is 0.489 e. The van der Waals surface area contributed by atoms with Gasteiger partial charge in [-0.1, -0.05) is 30.3 Å². The van der Waals surface area contributed by atoms with E-state index in [1.165, 1.54) is 31.4 Å². The Morgan fingerprint density at radius 3 is 2.35 bits per heavy atom. The lowest BCUT2D eigenvalue weighted by molar-refractivity contribution is -0.143. The van der Waals surface area contributed by atoms with Gasteiger partial charge in [0.05, 0.1) is 18.9 Å². The van der Waals surface area contributed by atoms with Crippen LogP contribution in [0.2, 0.25) is 0 Å². The van der Waals surface area contributed by atoms with Crippen molar-refractivity contribution in [3.63, 3.8) is 0 Å². The van der Waals surface area contributed by atoms with Gasteiger partial charge in [-0.15, -0.1) is 10.2 Å². The van der Waals surface area contributed by atoms with Crippen LogP contribution >= 0.6 is 0 Å². The second-order valence-electron chi connectivity index (χ2n) is 7.00. The maximum atomic E-state index is 13.8. The highest BCUT2D eigenvalue weighted by Crippen LogP contribution is 2.33. The fraction of sp³-hybridized carbons (Fsp3) is 0.130. The molecule has 0 bridgehead atoms. The van der Waals surface area contributed by atoms with E-state index in [-0.39, 0.29) is 11.7 Å². The van der Waals surface area contributed by atoms with Gasteiger partial charge in [0.2, 0.25) is 5.88 Å². The molecule has 0 unspecified atom stereocenters. The Kier molecular flexibility index (Phi) is 6.44. The molecule has 4 rings (SSSR count). The molecule has 34 heavy (non-hydrogen) atoms. The summed E-state index contributed by atoms with van der Waals surface area (Å²) in [5.41, 5.74) is -0.651. The van der Waals surface area contributed by atoms with Crippen molar-refractivity contribution in [2.75, 3.05) is 12.4 Å². The van der Waals surface area contributed by atoms with Crippen molar-refractivity contribution in [1.82, 2.24) is 20.0 Å². The molecule has 0 aliphatic rings. The molecule has 0 fully saturated rings. The molecular weight excluding hydrogens is 451 g/mol. The SMILES string of the molecule is COc1ccc(-n2ncc(C(=O)Nc3ccc(OCc4ccccc4)cc3)c2C(F)(F)F)nn1. The van der Waals surface area contributed by atoms with E-state index < -0.39 is 23.3 Å². The van der Waals surface area contributed by atoms with Crippen molar-refractivity contribution >= 4 is 11.6 Å². The molecule has 0 saturated carbocycles. The Labute approximate surface area is 192 Å². The number of rotatable bonds is 7. The van der Waals surface area contributed by atoms with Gasteiger partial charge in [-0.25, -0.2) is 4.68 Å². The first-order chi connectivity index (χ1) is 16.3. The second-order valence-corrected chi connectivity index (χ2v) is 7.00. The van der Waals surface area contributed by atoms with Crippen molar-refractivity contribution < 1.29 is 27.4 Å². The number of nitrogens with zero attached hydrogens (tertiary/aromatic N) is 4. The van der Waals surface area contributed by atoms with Crippen LogP contribution < -0.4 is 14.8 Å². The summed E-state index contributed by atoms with van der Waals surface area (Å²) in [6.07, 6.45) is -4.04. The van der Waals surface area contributed by atoms with Crippen molar-refractivity contribution in [2.24, 2.45) is 0 Å². The van der Waals surface area contributed by atoms with Gasteiger partial charge in [-0.05, 0) is 35.9 Å². The smallest absolute Gasteiger partial charge is 0.434 e. The van der Waals surface area contributed by atoms with Gasteiger partial charge >= 0.3 is 6.18 Å². The van der Waals surface area contributed by atoms with Gasteiger partial charge in [0.15, 0.2) is 11.5 Å². The van der Waals surface area contributed by atoms with Crippen LogP contribution in [0, 0.1) is 0 Å². The molecule has 0 spiro atoms. The van der Waals surface area contributed by atoms with E-state index in [0.717, 1.165) is 11.8 Å². The fourth-order valence-corrected chi connectivity index (χ4v) is 3.07. The average molecular weight is 469 g/mol. The summed E-state index contributed by atoms with van der Waals surface area (Å²) < 4.78 is 52.5. The van der Waals surface area contributed by atoms with E-state index in [2.05, 4.69) is 20.6 Å². The highest BCUT2D eigenvalue weighted by Gasteiger charge is 2.41. The highest BCUT2D eigenvalue weighted by atomic mass is 19.4. The van der Waals surface area contributed by atoms with Gasteiger partial charge in [-0.3, -0.25) is 4.79 Å². The topological polar surface area (TPSA) is 91.2 Å². The van der Waals surface area contributed by atoms with E-state index >= 15 is 0 Å². The third-order valence-corrected chi connectivity index (χ3v) is 4.70. The second kappa shape index (κ2) is 9.61. The Hall–Kier alpha value is -4.41. The molecule has 0 atom stereocenters. The first-order valence-corrected chi connectivity index (χ1v) is 9.96. The van der Waals surface area contributed by atoms with Crippen LogP contribution in [0.4, 0.5) is 18.9 Å². The zero-order chi connectivity index (χ0) is 24.1. The summed E-state index contributed by atoms with van der Waals surface area (Å²) >= 11 is 0. The molecule has 174 valence electrons. The monoisotopic (exact) mass is 469 g/mol. The predicted molar refractivity (Wildman–Crippen MR) is 116 cm³/mol. The predicted octanol–water partition coefficient (Wildman–Crippen LogP) is 4.52. The van der Waals surface area contributed by atoms with Crippen LogP contribution in [0.5, 0.6) is 11.6 Å². The van der Waals surface area contributed by atoms with Crippen LogP contribution in [-0.2, 0) is 12.8 Å². The van der Waals surface area contributed by atoms with Crippen molar-refractivity contribution in [3.8, 4) is 17.4 Å². The van der Waals surface area contributed by atoms with Crippen molar-refractivity contribution in [3.05, 3.63) is 89.7 Å². The maximum absolute atomic E-state index is 13.8. The molecule has 2 heterocycles. The number of amides is 1. The molecule has 0 aliphatic carbocycles. The van der Waals surface area contributed by atoms with Crippen LogP contribution in [0.15, 0.2) is 72.9 Å². The Morgan fingerprint density at radius 2 is 1.74 bits per heavy atom. The fourth-order valence-electron chi connectivity index (χ4n) is 3.07. The quantitative estimate of drug-likeness (QED) is 0.428. The lowest BCUT2D eigenvalue weighted by Gasteiger charge is -2.12. The average Bonchev–Trinajstić information content (AvgIpc) is 3.31. The van der Waals surface area contributed by atoms with E-state index in [0.29, 0.717) is 22.7 Å². The van der Waals surface area contributed by atoms with E-state index in [1.807, 2.05) is 30.3 Å². The summed E-state index contributed by atoms with van der Waals surface area (Å²) in [6, 6.07) is 18.4. The highest BCUT2D eigenvalue weighted by molar-refractivity contribution is 6.05. The lowest BCUT2D eigenvalue weighted by atomic mass is 10.2. The van der Waals surface area contributed by atoms with Crippen molar-refractivity contribution in [1.29, 1.82) is 0 Å². The zero-order valence-corrected chi connectivity index (χ0v) is 17.8. The summed E-state index contributed by atoms with van der Waals surface area (Å²) in [7, 11) is 1.35. The molecule has 1 amide bonds. The molecule has 2 aromatic heterocycles. The number of aromatic nitrogens is 4. The Balaban J connectivity index is 1.50. The van der Waals surface area contributed by atoms with E-state index in [4.69, 9.17) is 9.47 Å². The van der Waals surface area contributed by atoms with Crippen molar-refractivity contribution in [2.45, 2.75) is 12.8 Å². The number of carbonyl (C=O) groups is 1. The van der Waals surface area contributed by atoms with Gasteiger partial charge < -0.3 is 14.8 Å². The molecule has 1 N–H and O–H groups in total. The minimum Gasteiger partial charge on any atom is -0.489 e. The minimum absolute atomic E-state index is 0.124. The third-order valence-electron chi connectivity index (χ3n) is 4.70. The van der Waals surface area contributed by atoms with Crippen LogP contribution in [0.25, 0.3) is 5.82 Å². The van der Waals surface area contributed by atoms with Gasteiger partial charge in [-0.2, -0.15) is 18.3 Å². The maximum Gasteiger partial charge on any atom is 0.434 e. The lowest BCUT2D eigenvalue weighted by Crippen LogP contribution is -2.21. The Bertz CT molecular complexity index is 1260. The van der Waals surface area contributed by atoms with Crippen LogP contribution in [0.3, 0.4) is 0 Å². The number of benzene rings is 2. The standard InChI is InChI=1S/C23H18F3N5O3/c1-33-20-12-11-19(29-30-20)31-21(23(24,25)26)18(13-27-31)22(32)28-16-7-9-17(10-8-16)34-14-15-5-3-2-4-6-15/h2-13H,14H2,1H3,(H,28,32). The van der Waals surface area contributed by atoms with E-state index in [1.54, 1.807) is 12.1 Å². The number of methoxy groups -OCH3 is 1. The normalized spacial score (nSPS) is 11.2. The number of alkyl halides is 3. The number of anilines is 1. The summed E-state index contributed by atoms with van der Waals surface area (Å²) in [6.45, 7) is 0.356. The van der Waals surface area contributed by atoms with Gasteiger partial charge in [0.1, 0.15) is 12.4 Å². The van der Waals surface area contributed by atoms with Crippen LogP contribution in [0.1, 0.15) is 21.6 Å². The molecular formula is C23H18F3N5O3. The molecule has 4 aromatic rings. The number of carbonyl (C=O) groups excluding carboxylic acids is 1. The number of ether oxygens (including phenoxy) is 2. The number of nitrogens with one attached hydrogen (secondary N) is 1. The summed E-state index contributed by atoms with van der Waals surface area (Å²) in [5.74, 6) is -0.521. The minimum atomic E-state index is -4.88. The molecule has 11 heteroatoms. The number of halogens is 3. The van der Waals surface area contributed by atoms with E-state index in [9.17, 15) is 18.0 Å². The number of hydrogen-bond acceptors (Lipinski definition) is 6. The first kappa shape index (κ1) is 22.8. The molecule has 0 saturated heterocycles. The van der Waals surface area contributed by atoms with Gasteiger partial charge in [0, 0.05) is 11.8 Å². The first-order valence-electron chi connectivity index (χ1n) is 9.96. The Morgan fingerprint density at radius 1 is 1.00 bits per heavy atom. The van der Waals surface area contributed by atoms with Crippen LogP contribution in [-0.4, -0.2) is 33.0 Å². The third kappa shape index (κ3) is 5.14.